The van der Waals surface area contributed by atoms with Crippen LogP contribution < -0.4 is 11.1 Å². The molecule has 1 fully saturated rings. The van der Waals surface area contributed by atoms with Crippen molar-refractivity contribution in [1.82, 2.24) is 5.32 Å². The van der Waals surface area contributed by atoms with Crippen LogP contribution in [0.5, 0.6) is 0 Å². The number of aryl methyl sites for hydroxylation is 1. The van der Waals surface area contributed by atoms with E-state index in [0.29, 0.717) is 17.4 Å². The van der Waals surface area contributed by atoms with Crippen molar-refractivity contribution in [1.29, 1.82) is 0 Å². The molecule has 1 heterocycles. The van der Waals surface area contributed by atoms with E-state index >= 15 is 0 Å². The molecule has 19 heavy (non-hydrogen) atoms. The van der Waals surface area contributed by atoms with Crippen molar-refractivity contribution in [3.8, 4) is 0 Å². The maximum absolute atomic E-state index is 12.1. The fourth-order valence-corrected chi connectivity index (χ4v) is 3.00. The minimum absolute atomic E-state index is 0.0213. The fourth-order valence-electron chi connectivity index (χ4n) is 3.00. The van der Waals surface area contributed by atoms with E-state index in [9.17, 15) is 4.79 Å². The Morgan fingerprint density at radius 2 is 2.16 bits per heavy atom. The SMILES string of the molecule is CCc1occc1C(=O)NCC1CCCCC1CN. The Kier molecular flexibility index (Phi) is 5.02. The average molecular weight is 264 g/mol. The molecule has 0 aliphatic heterocycles. The van der Waals surface area contributed by atoms with Crippen LogP contribution in [0.2, 0.25) is 0 Å². The molecule has 0 saturated heterocycles. The summed E-state index contributed by atoms with van der Waals surface area (Å²) in [6, 6.07) is 1.75. The second kappa shape index (κ2) is 6.75. The maximum Gasteiger partial charge on any atom is 0.254 e. The maximum atomic E-state index is 12.1. The van der Waals surface area contributed by atoms with E-state index in [2.05, 4.69) is 5.32 Å². The molecule has 4 nitrogen and oxygen atoms in total. The van der Waals surface area contributed by atoms with Gasteiger partial charge in [0.25, 0.3) is 5.91 Å². The predicted molar refractivity (Wildman–Crippen MR) is 74.9 cm³/mol. The van der Waals surface area contributed by atoms with Gasteiger partial charge in [0.15, 0.2) is 0 Å². The molecule has 3 N–H and O–H groups in total. The third-order valence-corrected chi connectivity index (χ3v) is 4.21. The van der Waals surface area contributed by atoms with Gasteiger partial charge in [0.1, 0.15) is 5.76 Å². The van der Waals surface area contributed by atoms with Gasteiger partial charge in [-0.2, -0.15) is 0 Å². The molecule has 2 rings (SSSR count). The minimum Gasteiger partial charge on any atom is -0.469 e. The van der Waals surface area contributed by atoms with Crippen LogP contribution in [0.15, 0.2) is 16.7 Å². The van der Waals surface area contributed by atoms with Gasteiger partial charge in [0, 0.05) is 13.0 Å². The first-order valence-corrected chi connectivity index (χ1v) is 7.30. The Labute approximate surface area is 114 Å². The molecule has 1 aromatic heterocycles. The van der Waals surface area contributed by atoms with Crippen LogP contribution in [0, 0.1) is 11.8 Å². The molecule has 0 radical (unpaired) electrons. The van der Waals surface area contributed by atoms with Crippen molar-refractivity contribution >= 4 is 5.91 Å². The van der Waals surface area contributed by atoms with Crippen LogP contribution in [0.3, 0.4) is 0 Å². The molecule has 0 spiro atoms. The lowest BCUT2D eigenvalue weighted by Gasteiger charge is -2.30. The Hall–Kier alpha value is -1.29. The third-order valence-electron chi connectivity index (χ3n) is 4.21. The highest BCUT2D eigenvalue weighted by atomic mass is 16.3. The average Bonchev–Trinajstić information content (AvgIpc) is 2.93. The summed E-state index contributed by atoms with van der Waals surface area (Å²) in [5.41, 5.74) is 6.48. The van der Waals surface area contributed by atoms with Crippen molar-refractivity contribution < 1.29 is 9.21 Å². The van der Waals surface area contributed by atoms with Crippen molar-refractivity contribution in [2.45, 2.75) is 39.0 Å². The highest BCUT2D eigenvalue weighted by Crippen LogP contribution is 2.28. The molecule has 1 aromatic rings. The first kappa shape index (κ1) is 14.1. The zero-order chi connectivity index (χ0) is 13.7. The number of hydrogen-bond donors (Lipinski definition) is 2. The first-order valence-electron chi connectivity index (χ1n) is 7.30. The smallest absolute Gasteiger partial charge is 0.254 e. The van der Waals surface area contributed by atoms with E-state index in [0.717, 1.165) is 25.3 Å². The lowest BCUT2D eigenvalue weighted by molar-refractivity contribution is 0.0933. The second-order valence-electron chi connectivity index (χ2n) is 5.36. The molecular formula is C15H24N2O2. The summed E-state index contributed by atoms with van der Waals surface area (Å²) in [6.45, 7) is 3.45. The summed E-state index contributed by atoms with van der Waals surface area (Å²) >= 11 is 0. The Bertz CT molecular complexity index is 414. The predicted octanol–water partition coefficient (Wildman–Crippen LogP) is 2.34. The summed E-state index contributed by atoms with van der Waals surface area (Å²) in [5, 5.41) is 3.04. The quantitative estimate of drug-likeness (QED) is 0.857. The standard InChI is InChI=1S/C15H24N2O2/c1-2-14-13(7-8-19-14)15(18)17-10-12-6-4-3-5-11(12)9-16/h7-8,11-12H,2-6,9-10,16H2,1H3,(H,17,18). The number of rotatable bonds is 5. The summed E-state index contributed by atoms with van der Waals surface area (Å²) in [7, 11) is 0. The van der Waals surface area contributed by atoms with Crippen LogP contribution in [0.1, 0.15) is 48.7 Å². The van der Waals surface area contributed by atoms with E-state index in [4.69, 9.17) is 10.2 Å². The van der Waals surface area contributed by atoms with Crippen LogP contribution in [-0.2, 0) is 6.42 Å². The number of nitrogens with one attached hydrogen (secondary N) is 1. The number of hydrogen-bond acceptors (Lipinski definition) is 3. The number of amides is 1. The van der Waals surface area contributed by atoms with E-state index in [1.54, 1.807) is 12.3 Å². The number of carbonyl (C=O) groups excluding carboxylic acids is 1. The molecule has 1 amide bonds. The monoisotopic (exact) mass is 264 g/mol. The molecular weight excluding hydrogens is 240 g/mol. The summed E-state index contributed by atoms with van der Waals surface area (Å²) in [6.07, 6.45) is 7.22. The van der Waals surface area contributed by atoms with Crippen LogP contribution in [0.4, 0.5) is 0 Å². The first-order chi connectivity index (χ1) is 9.26. The molecule has 2 atom stereocenters. The molecule has 1 aliphatic rings. The second-order valence-corrected chi connectivity index (χ2v) is 5.36. The Morgan fingerprint density at radius 1 is 1.42 bits per heavy atom. The van der Waals surface area contributed by atoms with E-state index in [1.165, 1.54) is 25.7 Å². The molecule has 1 saturated carbocycles. The van der Waals surface area contributed by atoms with E-state index in [-0.39, 0.29) is 5.91 Å². The van der Waals surface area contributed by atoms with Crippen molar-refractivity contribution in [3.05, 3.63) is 23.7 Å². The van der Waals surface area contributed by atoms with Gasteiger partial charge in [-0.05, 0) is 37.3 Å². The van der Waals surface area contributed by atoms with E-state index < -0.39 is 0 Å². The largest absolute Gasteiger partial charge is 0.469 e. The summed E-state index contributed by atoms with van der Waals surface area (Å²) in [4.78, 5) is 12.1. The van der Waals surface area contributed by atoms with Crippen molar-refractivity contribution in [2.24, 2.45) is 17.6 Å². The highest BCUT2D eigenvalue weighted by Gasteiger charge is 2.24. The Balaban J connectivity index is 1.89. The number of furan rings is 1. The van der Waals surface area contributed by atoms with Gasteiger partial charge in [-0.1, -0.05) is 19.8 Å². The summed E-state index contributed by atoms with van der Waals surface area (Å²) in [5.74, 6) is 1.83. The van der Waals surface area contributed by atoms with Crippen LogP contribution in [0.25, 0.3) is 0 Å². The van der Waals surface area contributed by atoms with Gasteiger partial charge < -0.3 is 15.5 Å². The van der Waals surface area contributed by atoms with Gasteiger partial charge >= 0.3 is 0 Å². The lowest BCUT2D eigenvalue weighted by atomic mass is 9.79. The van der Waals surface area contributed by atoms with Crippen LogP contribution in [-0.4, -0.2) is 19.0 Å². The number of carbonyl (C=O) groups is 1. The molecule has 106 valence electrons. The fraction of sp³-hybridized carbons (Fsp3) is 0.667. The van der Waals surface area contributed by atoms with Gasteiger partial charge in [-0.3, -0.25) is 4.79 Å². The molecule has 1 aliphatic carbocycles. The van der Waals surface area contributed by atoms with Gasteiger partial charge in [-0.15, -0.1) is 0 Å². The molecule has 0 aromatic carbocycles. The number of nitrogens with two attached hydrogens (primary N) is 1. The Morgan fingerprint density at radius 3 is 2.84 bits per heavy atom. The van der Waals surface area contributed by atoms with Crippen LogP contribution >= 0.6 is 0 Å². The molecule has 0 bridgehead atoms. The normalized spacial score (nSPS) is 23.3. The van der Waals surface area contributed by atoms with E-state index in [1.807, 2.05) is 6.92 Å². The summed E-state index contributed by atoms with van der Waals surface area (Å²) < 4.78 is 5.29. The zero-order valence-electron chi connectivity index (χ0n) is 11.7. The lowest BCUT2D eigenvalue weighted by Crippen LogP contribution is -2.37. The highest BCUT2D eigenvalue weighted by molar-refractivity contribution is 5.95. The van der Waals surface area contributed by atoms with Gasteiger partial charge in [-0.25, -0.2) is 0 Å². The van der Waals surface area contributed by atoms with Crippen molar-refractivity contribution in [3.63, 3.8) is 0 Å². The van der Waals surface area contributed by atoms with Crippen molar-refractivity contribution in [2.75, 3.05) is 13.1 Å². The topological polar surface area (TPSA) is 68.3 Å². The minimum atomic E-state index is -0.0213. The van der Waals surface area contributed by atoms with Gasteiger partial charge in [0.05, 0.1) is 11.8 Å². The third kappa shape index (κ3) is 3.38. The van der Waals surface area contributed by atoms with Gasteiger partial charge in [0.2, 0.25) is 0 Å². The molecule has 4 heteroatoms. The molecule has 2 unspecified atom stereocenters. The zero-order valence-corrected chi connectivity index (χ0v) is 11.7.